The predicted molar refractivity (Wildman–Crippen MR) is 171 cm³/mol. The van der Waals surface area contributed by atoms with Crippen LogP contribution in [-0.4, -0.2) is 91.6 Å². The SMILES string of the molecule is CN(CCN1CCC(OC(=O)Nc2ccccc2-c2ccccc2)CC1)C(=O)CCCCCCN1CCC(C(N)=O)CC1. The Balaban J connectivity index is 1.04. The summed E-state index contributed by atoms with van der Waals surface area (Å²) in [6, 6.07) is 17.7. The van der Waals surface area contributed by atoms with Gasteiger partial charge in [0.25, 0.3) is 0 Å². The number of para-hydroxylation sites is 1. The van der Waals surface area contributed by atoms with Crippen molar-refractivity contribution in [2.45, 2.75) is 63.9 Å². The molecule has 2 aliphatic heterocycles. The van der Waals surface area contributed by atoms with E-state index in [1.54, 1.807) is 0 Å². The fraction of sp³-hybridized carbons (Fsp3) is 0.559. The summed E-state index contributed by atoms with van der Waals surface area (Å²) in [5.74, 6) is 0.0968. The summed E-state index contributed by atoms with van der Waals surface area (Å²) in [5.41, 5.74) is 8.16. The quantitative estimate of drug-likeness (QED) is 0.300. The number of amides is 3. The Bertz CT molecular complexity index is 1160. The van der Waals surface area contributed by atoms with Gasteiger partial charge in [0.15, 0.2) is 0 Å². The molecular formula is C34H49N5O4. The van der Waals surface area contributed by atoms with E-state index in [2.05, 4.69) is 15.1 Å². The summed E-state index contributed by atoms with van der Waals surface area (Å²) in [6.07, 6.45) is 7.65. The van der Waals surface area contributed by atoms with Gasteiger partial charge in [0.05, 0.1) is 5.69 Å². The Morgan fingerprint density at radius 3 is 2.19 bits per heavy atom. The first-order chi connectivity index (χ1) is 20.9. The molecule has 2 aliphatic rings. The highest BCUT2D eigenvalue weighted by atomic mass is 16.6. The predicted octanol–water partition coefficient (Wildman–Crippen LogP) is 4.97. The maximum atomic E-state index is 12.7. The van der Waals surface area contributed by atoms with Crippen molar-refractivity contribution >= 4 is 23.6 Å². The average Bonchev–Trinajstić information content (AvgIpc) is 3.03. The number of likely N-dealkylation sites (N-methyl/N-ethyl adjacent to an activating group) is 1. The molecule has 0 aromatic heterocycles. The van der Waals surface area contributed by atoms with Gasteiger partial charge in [-0.3, -0.25) is 14.9 Å². The maximum Gasteiger partial charge on any atom is 0.411 e. The molecule has 0 bridgehead atoms. The van der Waals surface area contributed by atoms with Crippen LogP contribution in [0.1, 0.15) is 57.8 Å². The van der Waals surface area contributed by atoms with E-state index < -0.39 is 6.09 Å². The molecule has 0 unspecified atom stereocenters. The van der Waals surface area contributed by atoms with Crippen molar-refractivity contribution in [1.29, 1.82) is 0 Å². The highest BCUT2D eigenvalue weighted by Crippen LogP contribution is 2.28. The lowest BCUT2D eigenvalue weighted by Crippen LogP contribution is -2.42. The number of hydrogen-bond acceptors (Lipinski definition) is 6. The highest BCUT2D eigenvalue weighted by molar-refractivity contribution is 5.91. The summed E-state index contributed by atoms with van der Waals surface area (Å²) < 4.78 is 5.76. The third kappa shape index (κ3) is 10.7. The summed E-state index contributed by atoms with van der Waals surface area (Å²) in [4.78, 5) is 43.2. The lowest BCUT2D eigenvalue weighted by Gasteiger charge is -2.32. The van der Waals surface area contributed by atoms with Crippen molar-refractivity contribution < 1.29 is 19.1 Å². The largest absolute Gasteiger partial charge is 0.446 e. The fourth-order valence-electron chi connectivity index (χ4n) is 6.02. The maximum absolute atomic E-state index is 12.7. The van der Waals surface area contributed by atoms with E-state index in [9.17, 15) is 14.4 Å². The number of carbonyl (C=O) groups is 3. The van der Waals surface area contributed by atoms with Gasteiger partial charge in [-0.2, -0.15) is 0 Å². The normalized spacial score (nSPS) is 17.0. The number of nitrogens with zero attached hydrogens (tertiary/aromatic N) is 3. The summed E-state index contributed by atoms with van der Waals surface area (Å²) in [5, 5.41) is 2.93. The molecular weight excluding hydrogens is 542 g/mol. The Morgan fingerprint density at radius 2 is 1.47 bits per heavy atom. The molecule has 2 fully saturated rings. The van der Waals surface area contributed by atoms with Crippen LogP contribution >= 0.6 is 0 Å². The average molecular weight is 592 g/mol. The number of piperidine rings is 2. The van der Waals surface area contributed by atoms with Gasteiger partial charge >= 0.3 is 6.09 Å². The molecule has 43 heavy (non-hydrogen) atoms. The van der Waals surface area contributed by atoms with E-state index in [0.717, 1.165) is 107 Å². The van der Waals surface area contributed by atoms with Crippen LogP contribution in [0.15, 0.2) is 54.6 Å². The molecule has 234 valence electrons. The standard InChI is InChI=1S/C34H49N5O4/c1-37(32(40)15-7-2-3-10-20-38-21-16-28(17-22-38)33(35)41)25-26-39-23-18-29(19-24-39)43-34(42)36-31-14-9-8-13-30(31)27-11-5-4-6-12-27/h4-6,8-9,11-14,28-29H,2-3,7,10,15-26H2,1H3,(H2,35,41)(H,36,42). The van der Waals surface area contributed by atoms with Gasteiger partial charge in [0.1, 0.15) is 6.10 Å². The minimum absolute atomic E-state index is 0.0492. The van der Waals surface area contributed by atoms with Crippen molar-refractivity contribution in [1.82, 2.24) is 14.7 Å². The van der Waals surface area contributed by atoms with E-state index in [1.165, 1.54) is 0 Å². The molecule has 0 aliphatic carbocycles. The topological polar surface area (TPSA) is 108 Å². The van der Waals surface area contributed by atoms with Crippen molar-refractivity contribution in [2.24, 2.45) is 11.7 Å². The molecule has 0 saturated carbocycles. The van der Waals surface area contributed by atoms with E-state index in [-0.39, 0.29) is 23.8 Å². The number of rotatable bonds is 14. The van der Waals surface area contributed by atoms with E-state index in [1.807, 2.05) is 66.5 Å². The van der Waals surface area contributed by atoms with Crippen LogP contribution in [0, 0.1) is 5.92 Å². The van der Waals surface area contributed by atoms with Crippen molar-refractivity contribution in [3.05, 3.63) is 54.6 Å². The third-order valence-electron chi connectivity index (χ3n) is 8.84. The first-order valence-corrected chi connectivity index (χ1v) is 16.0. The van der Waals surface area contributed by atoms with Crippen LogP contribution in [0.3, 0.4) is 0 Å². The van der Waals surface area contributed by atoms with Gasteiger partial charge in [0, 0.05) is 51.1 Å². The van der Waals surface area contributed by atoms with E-state index in [0.29, 0.717) is 13.0 Å². The molecule has 4 rings (SSSR count). The number of benzene rings is 2. The first-order valence-electron chi connectivity index (χ1n) is 16.0. The molecule has 0 atom stereocenters. The van der Waals surface area contributed by atoms with Gasteiger partial charge in [-0.05, 0) is 69.8 Å². The Kier molecular flexibility index (Phi) is 12.9. The monoisotopic (exact) mass is 591 g/mol. The highest BCUT2D eigenvalue weighted by Gasteiger charge is 2.24. The molecule has 2 saturated heterocycles. The van der Waals surface area contributed by atoms with Crippen LogP contribution in [0.2, 0.25) is 0 Å². The van der Waals surface area contributed by atoms with Crippen molar-refractivity contribution in [3.8, 4) is 11.1 Å². The zero-order valence-corrected chi connectivity index (χ0v) is 25.7. The zero-order chi connectivity index (χ0) is 30.4. The van der Waals surface area contributed by atoms with Gasteiger partial charge < -0.3 is 25.2 Å². The van der Waals surface area contributed by atoms with Gasteiger partial charge in [-0.1, -0.05) is 61.4 Å². The van der Waals surface area contributed by atoms with Crippen LogP contribution in [0.25, 0.3) is 11.1 Å². The number of nitrogens with two attached hydrogens (primary N) is 1. The third-order valence-corrected chi connectivity index (χ3v) is 8.84. The fourth-order valence-corrected chi connectivity index (χ4v) is 6.02. The van der Waals surface area contributed by atoms with Gasteiger partial charge in [-0.25, -0.2) is 4.79 Å². The zero-order valence-electron chi connectivity index (χ0n) is 25.7. The lowest BCUT2D eigenvalue weighted by atomic mass is 9.96. The first kappa shape index (κ1) is 32.5. The van der Waals surface area contributed by atoms with Crippen molar-refractivity contribution in [3.63, 3.8) is 0 Å². The molecule has 2 heterocycles. The number of carbonyl (C=O) groups excluding carboxylic acids is 3. The molecule has 9 heteroatoms. The van der Waals surface area contributed by atoms with Crippen LogP contribution in [0.5, 0.6) is 0 Å². The summed E-state index contributed by atoms with van der Waals surface area (Å²) in [6.45, 7) is 6.22. The second kappa shape index (κ2) is 17.0. The summed E-state index contributed by atoms with van der Waals surface area (Å²) >= 11 is 0. The molecule has 9 nitrogen and oxygen atoms in total. The van der Waals surface area contributed by atoms with Crippen LogP contribution in [-0.2, 0) is 14.3 Å². The number of ether oxygens (including phenoxy) is 1. The van der Waals surface area contributed by atoms with E-state index >= 15 is 0 Å². The van der Waals surface area contributed by atoms with Crippen molar-refractivity contribution in [2.75, 3.05) is 58.2 Å². The van der Waals surface area contributed by atoms with Crippen LogP contribution < -0.4 is 11.1 Å². The van der Waals surface area contributed by atoms with E-state index in [4.69, 9.17) is 10.5 Å². The number of likely N-dealkylation sites (tertiary alicyclic amines) is 2. The minimum atomic E-state index is -0.419. The molecule has 3 amide bonds. The molecule has 0 spiro atoms. The molecule has 2 aromatic carbocycles. The summed E-state index contributed by atoms with van der Waals surface area (Å²) in [7, 11) is 1.89. The molecule has 3 N–H and O–H groups in total. The number of primary amides is 1. The van der Waals surface area contributed by atoms with Crippen LogP contribution in [0.4, 0.5) is 10.5 Å². The Hall–Kier alpha value is -3.43. The molecule has 0 radical (unpaired) electrons. The second-order valence-electron chi connectivity index (χ2n) is 12.0. The number of unbranched alkanes of at least 4 members (excludes halogenated alkanes) is 3. The lowest BCUT2D eigenvalue weighted by molar-refractivity contribution is -0.130. The number of nitrogens with one attached hydrogen (secondary N) is 1. The Morgan fingerprint density at radius 1 is 0.837 bits per heavy atom. The number of anilines is 1. The van der Waals surface area contributed by atoms with Gasteiger partial charge in [-0.15, -0.1) is 0 Å². The van der Waals surface area contributed by atoms with Gasteiger partial charge in [0.2, 0.25) is 11.8 Å². The number of hydrogen-bond donors (Lipinski definition) is 2. The minimum Gasteiger partial charge on any atom is -0.446 e. The Labute approximate surface area is 256 Å². The second-order valence-corrected chi connectivity index (χ2v) is 12.0. The molecule has 2 aromatic rings. The smallest absolute Gasteiger partial charge is 0.411 e.